The molecule has 1 saturated carbocycles. The van der Waals surface area contributed by atoms with Crippen molar-refractivity contribution in [1.29, 1.82) is 0 Å². The molecule has 0 aromatic heterocycles. The molecule has 0 radical (unpaired) electrons. The van der Waals surface area contributed by atoms with Crippen LogP contribution in [0.2, 0.25) is 0 Å². The van der Waals surface area contributed by atoms with Gasteiger partial charge in [-0.2, -0.15) is 0 Å². The van der Waals surface area contributed by atoms with E-state index in [-0.39, 0.29) is 0 Å². The van der Waals surface area contributed by atoms with E-state index in [9.17, 15) is 0 Å². The van der Waals surface area contributed by atoms with Gasteiger partial charge in [0.05, 0.1) is 0 Å². The second-order valence-corrected chi connectivity index (χ2v) is 6.93. The van der Waals surface area contributed by atoms with Crippen molar-refractivity contribution in [3.05, 3.63) is 35.4 Å². The number of rotatable bonds is 5. The second-order valence-electron chi connectivity index (χ2n) is 6.93. The van der Waals surface area contributed by atoms with Gasteiger partial charge in [-0.1, -0.05) is 24.3 Å². The first-order chi connectivity index (χ1) is 10.2. The predicted octanol–water partition coefficient (Wildman–Crippen LogP) is 2.59. The largest absolute Gasteiger partial charge is 0.329 e. The van der Waals surface area contributed by atoms with Gasteiger partial charge in [0, 0.05) is 31.7 Å². The Labute approximate surface area is 129 Å². The molecule has 3 heteroatoms. The molecule has 0 amide bonds. The molecule has 1 aliphatic heterocycles. The third kappa shape index (κ3) is 3.47. The summed E-state index contributed by atoms with van der Waals surface area (Å²) in [5.74, 6) is 0.822. The second kappa shape index (κ2) is 6.47. The van der Waals surface area contributed by atoms with Gasteiger partial charge in [0.25, 0.3) is 0 Å². The van der Waals surface area contributed by atoms with E-state index in [1.54, 1.807) is 0 Å². The van der Waals surface area contributed by atoms with Gasteiger partial charge in [-0.25, -0.2) is 0 Å². The van der Waals surface area contributed by atoms with E-state index in [2.05, 4.69) is 48.2 Å². The summed E-state index contributed by atoms with van der Waals surface area (Å²) in [6.45, 7) is 3.05. The van der Waals surface area contributed by atoms with Crippen molar-refractivity contribution in [2.45, 2.75) is 43.7 Å². The number of hydrogen-bond donors (Lipinski definition) is 1. The maximum Gasteiger partial charge on any atom is 0.0470 e. The third-order valence-corrected chi connectivity index (χ3v) is 5.24. The van der Waals surface area contributed by atoms with E-state index in [1.165, 1.54) is 49.9 Å². The van der Waals surface area contributed by atoms with Gasteiger partial charge >= 0.3 is 0 Å². The highest BCUT2D eigenvalue weighted by molar-refractivity contribution is 5.31. The standard InChI is InChI=1S/C18H29N3/c1-20(2)17-8-10-21(11-9-17)18(13-19)16-5-3-4-15(12-16)14-6-7-14/h3-5,12,14,17-18H,6-11,13,19H2,1-2H3. The Bertz CT molecular complexity index is 459. The molecule has 1 aromatic rings. The molecule has 21 heavy (non-hydrogen) atoms. The van der Waals surface area contributed by atoms with Gasteiger partial charge in [0.2, 0.25) is 0 Å². The highest BCUT2D eigenvalue weighted by atomic mass is 15.2. The maximum atomic E-state index is 6.12. The van der Waals surface area contributed by atoms with Gasteiger partial charge in [0.15, 0.2) is 0 Å². The van der Waals surface area contributed by atoms with Crippen LogP contribution in [0, 0.1) is 0 Å². The van der Waals surface area contributed by atoms with Crippen LogP contribution >= 0.6 is 0 Å². The fraction of sp³-hybridized carbons (Fsp3) is 0.667. The average molecular weight is 287 g/mol. The van der Waals surface area contributed by atoms with Crippen molar-refractivity contribution in [2.75, 3.05) is 33.7 Å². The number of piperidine rings is 1. The number of likely N-dealkylation sites (tertiary alicyclic amines) is 1. The van der Waals surface area contributed by atoms with Crippen molar-refractivity contribution in [1.82, 2.24) is 9.80 Å². The quantitative estimate of drug-likeness (QED) is 0.903. The van der Waals surface area contributed by atoms with Gasteiger partial charge < -0.3 is 10.6 Å². The molecule has 1 saturated heterocycles. The molecule has 1 aromatic carbocycles. The minimum Gasteiger partial charge on any atom is -0.329 e. The lowest BCUT2D eigenvalue weighted by Crippen LogP contribution is -2.45. The molecular weight excluding hydrogens is 258 g/mol. The molecule has 1 heterocycles. The highest BCUT2D eigenvalue weighted by Crippen LogP contribution is 2.41. The van der Waals surface area contributed by atoms with Crippen LogP contribution in [-0.2, 0) is 0 Å². The average Bonchev–Trinajstić information content (AvgIpc) is 3.34. The number of nitrogens with zero attached hydrogens (tertiary/aromatic N) is 2. The zero-order chi connectivity index (χ0) is 14.8. The van der Waals surface area contributed by atoms with Crippen LogP contribution < -0.4 is 5.73 Å². The summed E-state index contributed by atoms with van der Waals surface area (Å²) in [6, 6.07) is 10.3. The summed E-state index contributed by atoms with van der Waals surface area (Å²) in [7, 11) is 4.39. The van der Waals surface area contributed by atoms with Crippen LogP contribution in [0.5, 0.6) is 0 Å². The Morgan fingerprint density at radius 3 is 2.48 bits per heavy atom. The summed E-state index contributed by atoms with van der Waals surface area (Å²) < 4.78 is 0. The lowest BCUT2D eigenvalue weighted by atomic mass is 9.97. The summed E-state index contributed by atoms with van der Waals surface area (Å²) in [5, 5.41) is 0. The first kappa shape index (κ1) is 15.0. The van der Waals surface area contributed by atoms with Crippen molar-refractivity contribution < 1.29 is 0 Å². The van der Waals surface area contributed by atoms with E-state index >= 15 is 0 Å². The Balaban J connectivity index is 1.69. The van der Waals surface area contributed by atoms with Gasteiger partial charge in [-0.15, -0.1) is 0 Å². The van der Waals surface area contributed by atoms with Gasteiger partial charge in [0.1, 0.15) is 0 Å². The molecular formula is C18H29N3. The third-order valence-electron chi connectivity index (χ3n) is 5.24. The van der Waals surface area contributed by atoms with E-state index in [1.807, 2.05) is 0 Å². The molecule has 116 valence electrons. The number of benzene rings is 1. The zero-order valence-electron chi connectivity index (χ0n) is 13.5. The molecule has 2 fully saturated rings. The minimum absolute atomic E-state index is 0.395. The summed E-state index contributed by atoms with van der Waals surface area (Å²) in [4.78, 5) is 4.95. The van der Waals surface area contributed by atoms with Crippen LogP contribution in [0.1, 0.15) is 48.8 Å². The first-order valence-electron chi connectivity index (χ1n) is 8.39. The first-order valence-corrected chi connectivity index (χ1v) is 8.39. The minimum atomic E-state index is 0.395. The smallest absolute Gasteiger partial charge is 0.0470 e. The normalized spacial score (nSPS) is 22.7. The van der Waals surface area contributed by atoms with Crippen LogP contribution in [0.3, 0.4) is 0 Å². The fourth-order valence-corrected chi connectivity index (χ4v) is 3.65. The van der Waals surface area contributed by atoms with Crippen LogP contribution in [0.4, 0.5) is 0 Å². The Kier molecular flexibility index (Phi) is 4.63. The fourth-order valence-electron chi connectivity index (χ4n) is 3.65. The molecule has 1 atom stereocenters. The SMILES string of the molecule is CN(C)C1CCN(C(CN)c2cccc(C3CC3)c2)CC1. The Morgan fingerprint density at radius 1 is 1.19 bits per heavy atom. The molecule has 3 rings (SSSR count). The molecule has 2 aliphatic rings. The van der Waals surface area contributed by atoms with Crippen LogP contribution in [0.15, 0.2) is 24.3 Å². The summed E-state index contributed by atoms with van der Waals surface area (Å²) in [6.07, 6.45) is 5.24. The summed E-state index contributed by atoms with van der Waals surface area (Å²) >= 11 is 0. The van der Waals surface area contributed by atoms with Crippen molar-refractivity contribution >= 4 is 0 Å². The lowest BCUT2D eigenvalue weighted by Gasteiger charge is -2.39. The zero-order valence-corrected chi connectivity index (χ0v) is 13.5. The van der Waals surface area contributed by atoms with E-state index in [4.69, 9.17) is 5.73 Å². The monoisotopic (exact) mass is 287 g/mol. The van der Waals surface area contributed by atoms with Crippen LogP contribution in [-0.4, -0.2) is 49.6 Å². The highest BCUT2D eigenvalue weighted by Gasteiger charge is 2.28. The Hall–Kier alpha value is -0.900. The van der Waals surface area contributed by atoms with Crippen molar-refractivity contribution in [2.24, 2.45) is 5.73 Å². The number of hydrogen-bond acceptors (Lipinski definition) is 3. The molecule has 1 aliphatic carbocycles. The van der Waals surface area contributed by atoms with Crippen molar-refractivity contribution in [3.8, 4) is 0 Å². The van der Waals surface area contributed by atoms with E-state index in [0.717, 1.165) is 18.5 Å². The molecule has 0 spiro atoms. The molecule has 1 unspecified atom stereocenters. The topological polar surface area (TPSA) is 32.5 Å². The van der Waals surface area contributed by atoms with Gasteiger partial charge in [-0.3, -0.25) is 4.90 Å². The van der Waals surface area contributed by atoms with E-state index < -0.39 is 0 Å². The van der Waals surface area contributed by atoms with Crippen molar-refractivity contribution in [3.63, 3.8) is 0 Å². The summed E-state index contributed by atoms with van der Waals surface area (Å²) in [5.41, 5.74) is 9.06. The lowest BCUT2D eigenvalue weighted by molar-refractivity contribution is 0.111. The predicted molar refractivity (Wildman–Crippen MR) is 88.5 cm³/mol. The van der Waals surface area contributed by atoms with E-state index in [0.29, 0.717) is 6.04 Å². The Morgan fingerprint density at radius 2 is 1.90 bits per heavy atom. The number of nitrogens with two attached hydrogens (primary N) is 1. The maximum absolute atomic E-state index is 6.12. The molecule has 0 bridgehead atoms. The van der Waals surface area contributed by atoms with Gasteiger partial charge in [-0.05, 0) is 56.8 Å². The van der Waals surface area contributed by atoms with Crippen LogP contribution in [0.25, 0.3) is 0 Å². The molecule has 2 N–H and O–H groups in total. The molecule has 3 nitrogen and oxygen atoms in total.